The highest BCUT2D eigenvalue weighted by molar-refractivity contribution is 5.81. The predicted molar refractivity (Wildman–Crippen MR) is 50.0 cm³/mol. The number of oxime groups is 1. The van der Waals surface area contributed by atoms with Crippen molar-refractivity contribution in [2.75, 3.05) is 0 Å². The first-order chi connectivity index (χ1) is 5.65. The van der Waals surface area contributed by atoms with Crippen molar-refractivity contribution >= 4 is 6.21 Å². The van der Waals surface area contributed by atoms with Crippen LogP contribution in [0.25, 0.3) is 0 Å². The van der Waals surface area contributed by atoms with Gasteiger partial charge in [-0.2, -0.15) is 0 Å². The summed E-state index contributed by atoms with van der Waals surface area (Å²) < 4.78 is 0. The number of hydrogen-bond acceptors (Lipinski definition) is 2. The molecule has 0 unspecified atom stereocenters. The predicted octanol–water partition coefficient (Wildman–Crippen LogP) is 2.42. The SMILES string of the molecule is Cc1cc(C)c(C=NO)cc1C. The smallest absolute Gasteiger partial charge is 0.0736 e. The third-order valence-electron chi connectivity index (χ3n) is 2.08. The average molecular weight is 163 g/mol. The summed E-state index contributed by atoms with van der Waals surface area (Å²) in [4.78, 5) is 0. The van der Waals surface area contributed by atoms with Crippen LogP contribution in [0.4, 0.5) is 0 Å². The van der Waals surface area contributed by atoms with E-state index in [-0.39, 0.29) is 0 Å². The molecule has 0 aromatic heterocycles. The molecule has 0 aliphatic rings. The van der Waals surface area contributed by atoms with Gasteiger partial charge in [0.05, 0.1) is 6.21 Å². The Morgan fingerprint density at radius 2 is 1.67 bits per heavy atom. The van der Waals surface area contributed by atoms with Crippen LogP contribution in [0, 0.1) is 20.8 Å². The van der Waals surface area contributed by atoms with Crippen molar-refractivity contribution in [2.24, 2.45) is 5.16 Å². The third kappa shape index (κ3) is 1.64. The molecular weight excluding hydrogens is 150 g/mol. The van der Waals surface area contributed by atoms with E-state index in [0.717, 1.165) is 11.1 Å². The highest BCUT2D eigenvalue weighted by Gasteiger charge is 1.98. The van der Waals surface area contributed by atoms with Gasteiger partial charge in [0.15, 0.2) is 0 Å². The van der Waals surface area contributed by atoms with E-state index in [1.54, 1.807) is 0 Å². The second-order valence-electron chi connectivity index (χ2n) is 3.04. The zero-order valence-electron chi connectivity index (χ0n) is 7.63. The monoisotopic (exact) mass is 163 g/mol. The summed E-state index contributed by atoms with van der Waals surface area (Å²) >= 11 is 0. The van der Waals surface area contributed by atoms with Crippen LogP contribution in [0.2, 0.25) is 0 Å². The fourth-order valence-electron chi connectivity index (χ4n) is 1.18. The van der Waals surface area contributed by atoms with E-state index in [0.29, 0.717) is 0 Å². The molecule has 0 amide bonds. The molecule has 0 heterocycles. The topological polar surface area (TPSA) is 32.6 Å². The summed E-state index contributed by atoms with van der Waals surface area (Å²) in [6.45, 7) is 6.12. The molecule has 0 spiro atoms. The standard InChI is InChI=1S/C10H13NO/c1-7-4-9(3)10(6-11-12)5-8(7)2/h4-6,12H,1-3H3. The molecule has 1 N–H and O–H groups in total. The van der Waals surface area contributed by atoms with Crippen molar-refractivity contribution < 1.29 is 5.21 Å². The van der Waals surface area contributed by atoms with Crippen LogP contribution in [-0.2, 0) is 0 Å². The molecule has 64 valence electrons. The van der Waals surface area contributed by atoms with Gasteiger partial charge in [0.25, 0.3) is 0 Å². The van der Waals surface area contributed by atoms with Crippen LogP contribution in [0.15, 0.2) is 17.3 Å². The largest absolute Gasteiger partial charge is 0.411 e. The van der Waals surface area contributed by atoms with Crippen LogP contribution >= 0.6 is 0 Å². The number of nitrogens with zero attached hydrogens (tertiary/aromatic N) is 1. The molecule has 1 aromatic rings. The van der Waals surface area contributed by atoms with Gasteiger partial charge in [-0.25, -0.2) is 0 Å². The van der Waals surface area contributed by atoms with Crippen molar-refractivity contribution in [1.29, 1.82) is 0 Å². The van der Waals surface area contributed by atoms with E-state index >= 15 is 0 Å². The summed E-state index contributed by atoms with van der Waals surface area (Å²) in [6.07, 6.45) is 1.46. The van der Waals surface area contributed by atoms with Crippen LogP contribution in [0.1, 0.15) is 22.3 Å². The molecule has 0 aliphatic carbocycles. The second-order valence-corrected chi connectivity index (χ2v) is 3.04. The summed E-state index contributed by atoms with van der Waals surface area (Å²) in [7, 11) is 0. The van der Waals surface area contributed by atoms with Crippen LogP contribution in [-0.4, -0.2) is 11.4 Å². The normalized spacial score (nSPS) is 10.9. The van der Waals surface area contributed by atoms with E-state index in [2.05, 4.69) is 18.1 Å². The first-order valence-electron chi connectivity index (χ1n) is 3.90. The lowest BCUT2D eigenvalue weighted by Gasteiger charge is -2.04. The Labute approximate surface area is 72.5 Å². The maximum atomic E-state index is 8.37. The van der Waals surface area contributed by atoms with Crippen molar-refractivity contribution in [3.8, 4) is 0 Å². The summed E-state index contributed by atoms with van der Waals surface area (Å²) in [5, 5.41) is 11.4. The van der Waals surface area contributed by atoms with Gasteiger partial charge in [-0.1, -0.05) is 11.2 Å². The highest BCUT2D eigenvalue weighted by atomic mass is 16.4. The maximum Gasteiger partial charge on any atom is 0.0736 e. The third-order valence-corrected chi connectivity index (χ3v) is 2.08. The fourth-order valence-corrected chi connectivity index (χ4v) is 1.18. The van der Waals surface area contributed by atoms with E-state index in [9.17, 15) is 0 Å². The van der Waals surface area contributed by atoms with Gasteiger partial charge in [-0.15, -0.1) is 0 Å². The number of aryl methyl sites for hydroxylation is 3. The van der Waals surface area contributed by atoms with Crippen LogP contribution in [0.3, 0.4) is 0 Å². The minimum atomic E-state index is 0.973. The molecular formula is C10H13NO. The molecule has 0 fully saturated rings. The van der Waals surface area contributed by atoms with Gasteiger partial charge in [-0.3, -0.25) is 0 Å². The van der Waals surface area contributed by atoms with E-state index in [1.807, 2.05) is 19.9 Å². The lowest BCUT2D eigenvalue weighted by molar-refractivity contribution is 0.322. The van der Waals surface area contributed by atoms with Gasteiger partial charge >= 0.3 is 0 Å². The Balaban J connectivity index is 3.23. The molecule has 0 aliphatic heterocycles. The highest BCUT2D eigenvalue weighted by Crippen LogP contribution is 2.13. The first-order valence-corrected chi connectivity index (χ1v) is 3.90. The molecule has 1 aromatic carbocycles. The molecule has 0 radical (unpaired) electrons. The number of benzene rings is 1. The molecule has 1 rings (SSSR count). The van der Waals surface area contributed by atoms with Gasteiger partial charge in [-0.05, 0) is 49.1 Å². The molecule has 0 atom stereocenters. The van der Waals surface area contributed by atoms with Gasteiger partial charge in [0.1, 0.15) is 0 Å². The summed E-state index contributed by atoms with van der Waals surface area (Å²) in [5.41, 5.74) is 4.59. The number of rotatable bonds is 1. The van der Waals surface area contributed by atoms with Crippen molar-refractivity contribution in [1.82, 2.24) is 0 Å². The molecule has 0 saturated heterocycles. The zero-order chi connectivity index (χ0) is 9.14. The second kappa shape index (κ2) is 3.39. The summed E-state index contributed by atoms with van der Waals surface area (Å²) in [5.74, 6) is 0. The Kier molecular flexibility index (Phi) is 2.48. The Hall–Kier alpha value is -1.31. The minimum Gasteiger partial charge on any atom is -0.411 e. The van der Waals surface area contributed by atoms with Crippen molar-refractivity contribution in [3.05, 3.63) is 34.4 Å². The van der Waals surface area contributed by atoms with E-state index < -0.39 is 0 Å². The molecule has 0 bridgehead atoms. The van der Waals surface area contributed by atoms with Crippen LogP contribution in [0.5, 0.6) is 0 Å². The Bertz CT molecular complexity index is 316. The minimum absolute atomic E-state index is 0.973. The zero-order valence-corrected chi connectivity index (χ0v) is 7.63. The molecule has 2 nitrogen and oxygen atoms in total. The average Bonchev–Trinajstić information content (AvgIpc) is 2.01. The first kappa shape index (κ1) is 8.78. The van der Waals surface area contributed by atoms with Crippen molar-refractivity contribution in [2.45, 2.75) is 20.8 Å². The van der Waals surface area contributed by atoms with E-state index in [1.165, 1.54) is 17.3 Å². The Morgan fingerprint density at radius 1 is 1.08 bits per heavy atom. The molecule has 0 saturated carbocycles. The number of hydrogen-bond donors (Lipinski definition) is 1. The lowest BCUT2D eigenvalue weighted by atomic mass is 10.0. The lowest BCUT2D eigenvalue weighted by Crippen LogP contribution is -1.91. The van der Waals surface area contributed by atoms with Crippen LogP contribution < -0.4 is 0 Å². The van der Waals surface area contributed by atoms with Gasteiger partial charge in [0, 0.05) is 0 Å². The van der Waals surface area contributed by atoms with Gasteiger partial charge in [0.2, 0.25) is 0 Å². The van der Waals surface area contributed by atoms with Crippen molar-refractivity contribution in [3.63, 3.8) is 0 Å². The molecule has 2 heteroatoms. The fraction of sp³-hybridized carbons (Fsp3) is 0.300. The van der Waals surface area contributed by atoms with E-state index in [4.69, 9.17) is 5.21 Å². The molecule has 12 heavy (non-hydrogen) atoms. The maximum absolute atomic E-state index is 8.37. The van der Waals surface area contributed by atoms with Gasteiger partial charge < -0.3 is 5.21 Å². The Morgan fingerprint density at radius 3 is 2.25 bits per heavy atom. The quantitative estimate of drug-likeness (QED) is 0.385. The summed E-state index contributed by atoms with van der Waals surface area (Å²) in [6, 6.07) is 4.11.